The highest BCUT2D eigenvalue weighted by Crippen LogP contribution is 2.39. The molecule has 0 unspecified atom stereocenters. The van der Waals surface area contributed by atoms with Crippen molar-refractivity contribution >= 4 is 38.2 Å². The van der Waals surface area contributed by atoms with E-state index in [9.17, 15) is 22.4 Å². The first kappa shape index (κ1) is 21.9. The first-order chi connectivity index (χ1) is 14.8. The fourth-order valence-electron chi connectivity index (χ4n) is 4.06. The summed E-state index contributed by atoms with van der Waals surface area (Å²) in [5.74, 6) is -2.03. The summed E-state index contributed by atoms with van der Waals surface area (Å²) in [6.07, 6.45) is 4.98. The number of sulfonamides is 1. The van der Waals surface area contributed by atoms with E-state index in [0.29, 0.717) is 23.7 Å². The van der Waals surface area contributed by atoms with Gasteiger partial charge >= 0.3 is 5.97 Å². The third-order valence-electron chi connectivity index (χ3n) is 5.66. The van der Waals surface area contributed by atoms with Crippen LogP contribution in [0.15, 0.2) is 23.1 Å². The molecule has 1 aromatic carbocycles. The van der Waals surface area contributed by atoms with Crippen molar-refractivity contribution < 1.29 is 27.1 Å². The summed E-state index contributed by atoms with van der Waals surface area (Å²) in [7, 11) is -2.73. The topological polar surface area (TPSA) is 92.8 Å². The van der Waals surface area contributed by atoms with Crippen LogP contribution in [0.25, 0.3) is 0 Å². The Labute approximate surface area is 184 Å². The number of halogens is 1. The third-order valence-corrected chi connectivity index (χ3v) is 8.79. The summed E-state index contributed by atoms with van der Waals surface area (Å²) >= 11 is 1.33. The van der Waals surface area contributed by atoms with E-state index >= 15 is 0 Å². The minimum atomic E-state index is -4.02. The van der Waals surface area contributed by atoms with Crippen molar-refractivity contribution in [1.29, 1.82) is 0 Å². The molecule has 0 radical (unpaired) electrons. The number of aryl methyl sites for hydroxylation is 1. The van der Waals surface area contributed by atoms with E-state index in [1.165, 1.54) is 28.8 Å². The second kappa shape index (κ2) is 8.68. The van der Waals surface area contributed by atoms with Gasteiger partial charge in [0, 0.05) is 23.5 Å². The molecule has 10 heteroatoms. The molecule has 1 N–H and O–H groups in total. The van der Waals surface area contributed by atoms with Crippen molar-refractivity contribution in [3.8, 4) is 0 Å². The fraction of sp³-hybridized carbons (Fsp3) is 0.429. The highest BCUT2D eigenvalue weighted by molar-refractivity contribution is 7.89. The van der Waals surface area contributed by atoms with Crippen molar-refractivity contribution in [3.05, 3.63) is 45.6 Å². The predicted molar refractivity (Wildman–Crippen MR) is 115 cm³/mol. The second-order valence-electron chi connectivity index (χ2n) is 7.62. The summed E-state index contributed by atoms with van der Waals surface area (Å²) < 4.78 is 46.1. The second-order valence-corrected chi connectivity index (χ2v) is 10.6. The number of carbonyl (C=O) groups excluding carboxylic acids is 2. The molecule has 1 aliphatic heterocycles. The van der Waals surface area contributed by atoms with Crippen molar-refractivity contribution in [1.82, 2.24) is 4.31 Å². The molecule has 31 heavy (non-hydrogen) atoms. The SMILES string of the molecule is COC(=O)c1c(NC(=O)c2ccc(F)c(S(=O)(=O)N3CCCC3)c2)sc2c1CCCC2. The molecule has 0 atom stereocenters. The number of nitrogens with one attached hydrogen (secondary N) is 1. The molecule has 7 nitrogen and oxygen atoms in total. The van der Waals surface area contributed by atoms with Crippen LogP contribution in [-0.4, -0.2) is 44.8 Å². The van der Waals surface area contributed by atoms with Gasteiger partial charge in [-0.1, -0.05) is 0 Å². The van der Waals surface area contributed by atoms with E-state index in [2.05, 4.69) is 5.32 Å². The average Bonchev–Trinajstić information content (AvgIpc) is 3.41. The maximum absolute atomic E-state index is 14.4. The number of anilines is 1. The van der Waals surface area contributed by atoms with Crippen LogP contribution in [0.4, 0.5) is 9.39 Å². The quantitative estimate of drug-likeness (QED) is 0.680. The first-order valence-corrected chi connectivity index (χ1v) is 12.4. The highest BCUT2D eigenvalue weighted by Gasteiger charge is 2.31. The van der Waals surface area contributed by atoms with Crippen molar-refractivity contribution in [2.24, 2.45) is 0 Å². The normalized spacial score (nSPS) is 16.7. The van der Waals surface area contributed by atoms with Crippen LogP contribution >= 0.6 is 11.3 Å². The molecule has 2 heterocycles. The third kappa shape index (κ3) is 4.11. The number of rotatable bonds is 5. The minimum Gasteiger partial charge on any atom is -0.465 e. The largest absolute Gasteiger partial charge is 0.465 e. The number of thiophene rings is 1. The average molecular weight is 467 g/mol. The molecule has 0 bridgehead atoms. The Morgan fingerprint density at radius 2 is 1.84 bits per heavy atom. The maximum atomic E-state index is 14.4. The molecule has 2 aromatic rings. The molecule has 2 aliphatic rings. The number of ether oxygens (including phenoxy) is 1. The molecule has 4 rings (SSSR count). The Morgan fingerprint density at radius 3 is 2.55 bits per heavy atom. The number of amides is 1. The van der Waals surface area contributed by atoms with E-state index < -0.39 is 32.6 Å². The molecule has 1 saturated heterocycles. The van der Waals surface area contributed by atoms with Crippen LogP contribution in [0, 0.1) is 5.82 Å². The van der Waals surface area contributed by atoms with Crippen molar-refractivity contribution in [3.63, 3.8) is 0 Å². The molecule has 0 spiro atoms. The molecule has 0 saturated carbocycles. The number of benzene rings is 1. The smallest absolute Gasteiger partial charge is 0.341 e. The summed E-state index contributed by atoms with van der Waals surface area (Å²) in [4.78, 5) is 25.8. The Balaban J connectivity index is 1.66. The molecule has 1 aromatic heterocycles. The lowest BCUT2D eigenvalue weighted by Crippen LogP contribution is -2.29. The number of fused-ring (bicyclic) bond motifs is 1. The lowest BCUT2D eigenvalue weighted by molar-refractivity contribution is 0.0601. The van der Waals surface area contributed by atoms with Crippen LogP contribution in [0.3, 0.4) is 0 Å². The monoisotopic (exact) mass is 466 g/mol. The van der Waals surface area contributed by atoms with E-state index in [4.69, 9.17) is 4.74 Å². The first-order valence-electron chi connectivity index (χ1n) is 10.2. The van der Waals surface area contributed by atoms with Crippen LogP contribution in [0.1, 0.15) is 56.8 Å². The van der Waals surface area contributed by atoms with Crippen molar-refractivity contribution in [2.45, 2.75) is 43.4 Å². The van der Waals surface area contributed by atoms with E-state index in [0.717, 1.165) is 61.1 Å². The predicted octanol–water partition coefficient (Wildman–Crippen LogP) is 3.59. The van der Waals surface area contributed by atoms with Crippen molar-refractivity contribution in [2.75, 3.05) is 25.5 Å². The number of carbonyl (C=O) groups is 2. The van der Waals surface area contributed by atoms with Gasteiger partial charge in [-0.2, -0.15) is 4.31 Å². The number of methoxy groups -OCH3 is 1. The Bertz CT molecular complexity index is 1140. The number of esters is 1. The maximum Gasteiger partial charge on any atom is 0.341 e. The van der Waals surface area contributed by atoms with Gasteiger partial charge < -0.3 is 10.1 Å². The molecular formula is C21H23FN2O5S2. The molecular weight excluding hydrogens is 443 g/mol. The zero-order chi connectivity index (χ0) is 22.2. The Kier molecular flexibility index (Phi) is 6.14. The fourth-order valence-corrected chi connectivity index (χ4v) is 6.94. The molecule has 1 aliphatic carbocycles. The number of nitrogens with zero attached hydrogens (tertiary/aromatic N) is 1. The van der Waals surface area contributed by atoms with Crippen LogP contribution < -0.4 is 5.32 Å². The van der Waals surface area contributed by atoms with Gasteiger partial charge in [0.25, 0.3) is 5.91 Å². The minimum absolute atomic E-state index is 0.00126. The van der Waals surface area contributed by atoms with Crippen LogP contribution in [0.2, 0.25) is 0 Å². The van der Waals surface area contributed by atoms with Crippen LogP contribution in [0.5, 0.6) is 0 Å². The van der Waals surface area contributed by atoms with E-state index in [1.807, 2.05) is 0 Å². The summed E-state index contributed by atoms with van der Waals surface area (Å²) in [6, 6.07) is 3.28. The Hall–Kier alpha value is -2.30. The molecule has 1 fully saturated rings. The van der Waals surface area contributed by atoms with Gasteiger partial charge in [-0.15, -0.1) is 11.3 Å². The lowest BCUT2D eigenvalue weighted by Gasteiger charge is -2.16. The van der Waals surface area contributed by atoms with Gasteiger partial charge in [-0.3, -0.25) is 4.79 Å². The van der Waals surface area contributed by atoms with Gasteiger partial charge in [-0.05, 0) is 62.3 Å². The van der Waals surface area contributed by atoms with Gasteiger partial charge in [0.05, 0.1) is 12.7 Å². The van der Waals surface area contributed by atoms with Gasteiger partial charge in [-0.25, -0.2) is 17.6 Å². The van der Waals surface area contributed by atoms with Gasteiger partial charge in [0.15, 0.2) is 0 Å². The summed E-state index contributed by atoms with van der Waals surface area (Å²) in [5, 5.41) is 3.09. The highest BCUT2D eigenvalue weighted by atomic mass is 32.2. The van der Waals surface area contributed by atoms with Gasteiger partial charge in [0.1, 0.15) is 15.7 Å². The Morgan fingerprint density at radius 1 is 1.13 bits per heavy atom. The van der Waals surface area contributed by atoms with Crippen LogP contribution in [-0.2, 0) is 27.6 Å². The zero-order valence-electron chi connectivity index (χ0n) is 17.1. The molecule has 166 valence electrons. The zero-order valence-corrected chi connectivity index (χ0v) is 18.7. The summed E-state index contributed by atoms with van der Waals surface area (Å²) in [5.41, 5.74) is 1.25. The van der Waals surface area contributed by atoms with E-state index in [1.54, 1.807) is 0 Å². The number of hydrogen-bond donors (Lipinski definition) is 1. The standard InChI is InChI=1S/C21H23FN2O5S2/c1-29-21(26)18-14-6-2-3-7-16(14)30-20(18)23-19(25)13-8-9-15(22)17(12-13)31(27,28)24-10-4-5-11-24/h8-9,12H,2-7,10-11H2,1H3,(H,23,25). The van der Waals surface area contributed by atoms with Gasteiger partial charge in [0.2, 0.25) is 10.0 Å². The lowest BCUT2D eigenvalue weighted by atomic mass is 9.95. The van der Waals surface area contributed by atoms with E-state index in [-0.39, 0.29) is 5.56 Å². The summed E-state index contributed by atoms with van der Waals surface area (Å²) in [6.45, 7) is 0.670. The number of hydrogen-bond acceptors (Lipinski definition) is 6. The molecule has 1 amide bonds.